The zero-order valence-corrected chi connectivity index (χ0v) is 19.9. The van der Waals surface area contributed by atoms with Crippen LogP contribution in [0.3, 0.4) is 0 Å². The minimum atomic E-state index is -0.744. The van der Waals surface area contributed by atoms with Crippen LogP contribution in [0.1, 0.15) is 36.5 Å². The van der Waals surface area contributed by atoms with E-state index in [1.54, 1.807) is 6.07 Å². The van der Waals surface area contributed by atoms with E-state index >= 15 is 4.39 Å². The molecule has 2 aliphatic heterocycles. The van der Waals surface area contributed by atoms with Crippen molar-refractivity contribution in [3.8, 4) is 11.5 Å². The van der Waals surface area contributed by atoms with E-state index in [1.807, 2.05) is 31.2 Å². The number of benzene rings is 2. The largest absolute Gasteiger partial charge is 0.493 e. The van der Waals surface area contributed by atoms with Gasteiger partial charge in [-0.1, -0.05) is 12.1 Å². The number of alkyl halides is 1. The fourth-order valence-electron chi connectivity index (χ4n) is 4.55. The average Bonchev–Trinajstić information content (AvgIpc) is 3.00. The van der Waals surface area contributed by atoms with Crippen LogP contribution >= 0.6 is 0 Å². The van der Waals surface area contributed by atoms with Crippen LogP contribution in [-0.2, 0) is 6.42 Å². The number of carbonyl (C=O) groups is 1. The van der Waals surface area contributed by atoms with Gasteiger partial charge >= 0.3 is 6.03 Å². The van der Waals surface area contributed by atoms with Crippen LogP contribution in [0.15, 0.2) is 35.4 Å². The number of nitrogens with zero attached hydrogens (tertiary/aromatic N) is 3. The monoisotopic (exact) mass is 472 g/mol. The standard InChI is InChI=1S/C25H30F2N4O3/c1-15-13-19-20(14-21(33-3)24(34-4)22(19)27)23(29-31(15)25(32)28-2)16-5-7-18(8-6-16)30-11-9-17(26)10-12-30/h5-8,14-15,17H,9-13H2,1-4H3,(H,28,32). The van der Waals surface area contributed by atoms with Crippen LogP contribution in [-0.4, -0.2) is 63.3 Å². The molecule has 1 unspecified atom stereocenters. The van der Waals surface area contributed by atoms with E-state index in [-0.39, 0.29) is 24.0 Å². The normalized spacial score (nSPS) is 18.6. The number of methoxy groups -OCH3 is 2. The van der Waals surface area contributed by atoms with Crippen LogP contribution in [0.25, 0.3) is 0 Å². The molecule has 9 heteroatoms. The summed E-state index contributed by atoms with van der Waals surface area (Å²) in [5.74, 6) is -0.258. The molecule has 2 aromatic carbocycles. The van der Waals surface area contributed by atoms with Gasteiger partial charge in [-0.15, -0.1) is 0 Å². The summed E-state index contributed by atoms with van der Waals surface area (Å²) in [5.41, 5.74) is 3.11. The number of carbonyl (C=O) groups excluding carboxylic acids is 1. The summed E-state index contributed by atoms with van der Waals surface area (Å²) in [6, 6.07) is 8.61. The van der Waals surface area contributed by atoms with Crippen molar-refractivity contribution >= 4 is 17.4 Å². The van der Waals surface area contributed by atoms with E-state index < -0.39 is 18.0 Å². The topological polar surface area (TPSA) is 66.4 Å². The van der Waals surface area contributed by atoms with E-state index in [2.05, 4.69) is 15.3 Å². The van der Waals surface area contributed by atoms with Crippen LogP contribution in [0, 0.1) is 5.82 Å². The van der Waals surface area contributed by atoms with Gasteiger partial charge in [0.15, 0.2) is 17.3 Å². The number of fused-ring (bicyclic) bond motifs is 1. The van der Waals surface area contributed by atoms with E-state index in [9.17, 15) is 9.18 Å². The summed E-state index contributed by atoms with van der Waals surface area (Å²) in [6.45, 7) is 3.14. The third kappa shape index (κ3) is 4.38. The maximum Gasteiger partial charge on any atom is 0.337 e. The lowest BCUT2D eigenvalue weighted by atomic mass is 9.93. The number of ether oxygens (including phenoxy) is 2. The Kier molecular flexibility index (Phi) is 6.90. The third-order valence-electron chi connectivity index (χ3n) is 6.44. The minimum Gasteiger partial charge on any atom is -0.493 e. The summed E-state index contributed by atoms with van der Waals surface area (Å²) in [6.07, 6.45) is 0.536. The number of halogens is 2. The molecule has 2 aromatic rings. The van der Waals surface area contributed by atoms with Gasteiger partial charge in [-0.25, -0.2) is 18.6 Å². The molecule has 2 amide bonds. The van der Waals surface area contributed by atoms with Crippen LogP contribution < -0.4 is 19.7 Å². The molecule has 1 saturated heterocycles. The van der Waals surface area contributed by atoms with E-state index in [0.717, 1.165) is 11.3 Å². The fourth-order valence-corrected chi connectivity index (χ4v) is 4.55. The van der Waals surface area contributed by atoms with Gasteiger partial charge in [0.05, 0.1) is 26.0 Å². The Balaban J connectivity index is 1.81. The lowest BCUT2D eigenvalue weighted by Crippen LogP contribution is -2.41. The Hall–Kier alpha value is -3.36. The second kappa shape index (κ2) is 9.87. The molecule has 0 bridgehead atoms. The highest BCUT2D eigenvalue weighted by Crippen LogP contribution is 2.38. The molecule has 0 spiro atoms. The number of hydrazone groups is 1. The highest BCUT2D eigenvalue weighted by molar-refractivity contribution is 6.14. The maximum atomic E-state index is 15.6. The zero-order chi connectivity index (χ0) is 24.4. The van der Waals surface area contributed by atoms with Gasteiger partial charge in [0.2, 0.25) is 0 Å². The molecule has 0 aromatic heterocycles. The molecule has 2 aliphatic rings. The SMILES string of the molecule is CNC(=O)N1N=C(c2ccc(N3CCC(F)CC3)cc2)c2cc(OC)c(OC)c(F)c2CC1C. The Morgan fingerprint density at radius 2 is 1.82 bits per heavy atom. The number of hydrogen-bond donors (Lipinski definition) is 1. The Morgan fingerprint density at radius 3 is 2.41 bits per heavy atom. The van der Waals surface area contributed by atoms with Crippen molar-refractivity contribution in [2.45, 2.75) is 38.4 Å². The van der Waals surface area contributed by atoms with Crippen molar-refractivity contribution in [2.24, 2.45) is 5.10 Å². The molecule has 7 nitrogen and oxygen atoms in total. The first-order chi connectivity index (χ1) is 16.4. The molecule has 4 rings (SSSR count). The van der Waals surface area contributed by atoms with Gasteiger partial charge in [0.1, 0.15) is 6.17 Å². The zero-order valence-electron chi connectivity index (χ0n) is 19.9. The van der Waals surface area contributed by atoms with Crippen LogP contribution in [0.2, 0.25) is 0 Å². The van der Waals surface area contributed by atoms with E-state index in [4.69, 9.17) is 9.47 Å². The molecule has 1 atom stereocenters. The van der Waals surface area contributed by atoms with Crippen molar-refractivity contribution < 1.29 is 23.0 Å². The average molecular weight is 473 g/mol. The molecular formula is C25H30F2N4O3. The predicted molar refractivity (Wildman–Crippen MR) is 127 cm³/mol. The number of urea groups is 1. The van der Waals surface area contributed by atoms with Gasteiger partial charge < -0.3 is 19.7 Å². The Bertz CT molecular complexity index is 1080. The van der Waals surface area contributed by atoms with Crippen LogP contribution in [0.5, 0.6) is 11.5 Å². The highest BCUT2D eigenvalue weighted by Gasteiger charge is 2.31. The molecule has 0 saturated carbocycles. The van der Waals surface area contributed by atoms with Gasteiger partial charge in [-0.05, 0) is 44.4 Å². The first-order valence-electron chi connectivity index (χ1n) is 11.4. The number of amides is 2. The number of hydrogen-bond acceptors (Lipinski definition) is 5. The smallest absolute Gasteiger partial charge is 0.337 e. The number of nitrogens with one attached hydrogen (secondary N) is 1. The number of rotatable bonds is 4. The van der Waals surface area contributed by atoms with Crippen molar-refractivity contribution in [1.82, 2.24) is 10.3 Å². The molecular weight excluding hydrogens is 442 g/mol. The third-order valence-corrected chi connectivity index (χ3v) is 6.44. The summed E-state index contributed by atoms with van der Waals surface area (Å²) in [5, 5.41) is 8.62. The minimum absolute atomic E-state index is 0.0211. The summed E-state index contributed by atoms with van der Waals surface area (Å²) < 4.78 is 39.8. The van der Waals surface area contributed by atoms with Gasteiger partial charge in [0.25, 0.3) is 0 Å². The second-order valence-corrected chi connectivity index (χ2v) is 8.56. The van der Waals surface area contributed by atoms with E-state index in [0.29, 0.717) is 42.8 Å². The lowest BCUT2D eigenvalue weighted by Gasteiger charge is -2.30. The molecule has 34 heavy (non-hydrogen) atoms. The molecule has 1 fully saturated rings. The van der Waals surface area contributed by atoms with Gasteiger partial charge in [0, 0.05) is 42.5 Å². The van der Waals surface area contributed by atoms with Crippen molar-refractivity contribution in [2.75, 3.05) is 39.3 Å². The second-order valence-electron chi connectivity index (χ2n) is 8.56. The fraction of sp³-hybridized carbons (Fsp3) is 0.440. The maximum absolute atomic E-state index is 15.6. The van der Waals surface area contributed by atoms with Crippen molar-refractivity contribution in [3.63, 3.8) is 0 Å². The number of anilines is 1. The number of piperidine rings is 1. The molecule has 0 aliphatic carbocycles. The molecule has 182 valence electrons. The van der Waals surface area contributed by atoms with Crippen molar-refractivity contribution in [1.29, 1.82) is 0 Å². The quantitative estimate of drug-likeness (QED) is 0.727. The van der Waals surface area contributed by atoms with Crippen molar-refractivity contribution in [3.05, 3.63) is 52.8 Å². The first-order valence-corrected chi connectivity index (χ1v) is 11.4. The Morgan fingerprint density at radius 1 is 1.15 bits per heavy atom. The molecule has 0 radical (unpaired) electrons. The lowest BCUT2D eigenvalue weighted by molar-refractivity contribution is 0.184. The first kappa shape index (κ1) is 23.8. The highest BCUT2D eigenvalue weighted by atomic mass is 19.1. The van der Waals surface area contributed by atoms with Gasteiger partial charge in [-0.2, -0.15) is 5.10 Å². The predicted octanol–water partition coefficient (Wildman–Crippen LogP) is 4.12. The van der Waals surface area contributed by atoms with E-state index in [1.165, 1.54) is 26.3 Å². The molecule has 2 heterocycles. The summed E-state index contributed by atoms with van der Waals surface area (Å²) in [4.78, 5) is 14.8. The Labute approximate surface area is 198 Å². The summed E-state index contributed by atoms with van der Waals surface area (Å²) >= 11 is 0. The summed E-state index contributed by atoms with van der Waals surface area (Å²) in [7, 11) is 4.38. The van der Waals surface area contributed by atoms with Crippen LogP contribution in [0.4, 0.5) is 19.3 Å². The molecule has 1 N–H and O–H groups in total. The van der Waals surface area contributed by atoms with Gasteiger partial charge in [-0.3, -0.25) is 0 Å².